The molecule has 0 saturated heterocycles. The topological polar surface area (TPSA) is 52.5 Å². The van der Waals surface area contributed by atoms with E-state index in [-0.39, 0.29) is 6.04 Å². The fraction of sp³-hybridized carbons (Fsp3) is 0.429. The zero-order chi connectivity index (χ0) is 16.9. The average molecular weight is 325 g/mol. The molecule has 2 aromatic rings. The van der Waals surface area contributed by atoms with Crippen LogP contribution in [0.4, 0.5) is 0 Å². The number of aryl methyl sites for hydroxylation is 1. The quantitative estimate of drug-likeness (QED) is 0.758. The highest BCUT2D eigenvalue weighted by molar-refractivity contribution is 5.33. The van der Waals surface area contributed by atoms with E-state index in [1.54, 1.807) is 6.07 Å². The van der Waals surface area contributed by atoms with Crippen molar-refractivity contribution in [1.82, 2.24) is 5.32 Å². The lowest BCUT2D eigenvalue weighted by atomic mass is 9.85. The lowest BCUT2D eigenvalue weighted by molar-refractivity contribution is 0.107. The minimum atomic E-state index is -0.446. The highest BCUT2D eigenvalue weighted by atomic mass is 16.3. The Morgan fingerprint density at radius 1 is 1.17 bits per heavy atom. The monoisotopic (exact) mass is 325 g/mol. The van der Waals surface area contributed by atoms with Crippen LogP contribution in [0, 0.1) is 0 Å². The molecular weight excluding hydrogens is 298 g/mol. The van der Waals surface area contributed by atoms with Gasteiger partial charge in [-0.15, -0.1) is 0 Å². The van der Waals surface area contributed by atoms with E-state index in [4.69, 9.17) is 0 Å². The Morgan fingerprint density at radius 2 is 2.00 bits per heavy atom. The normalized spacial score (nSPS) is 21.2. The third kappa shape index (κ3) is 3.97. The molecule has 1 aliphatic rings. The number of aliphatic hydroxyl groups excluding tert-OH is 1. The number of hydrogen-bond acceptors (Lipinski definition) is 3. The molecule has 3 rings (SSSR count). The number of hydrogen-bond donors (Lipinski definition) is 3. The Morgan fingerprint density at radius 3 is 2.79 bits per heavy atom. The summed E-state index contributed by atoms with van der Waals surface area (Å²) in [6.07, 6.45) is 4.54. The third-order valence-electron chi connectivity index (χ3n) is 4.96. The highest BCUT2D eigenvalue weighted by Gasteiger charge is 2.29. The van der Waals surface area contributed by atoms with Crippen molar-refractivity contribution in [2.75, 3.05) is 0 Å². The zero-order valence-electron chi connectivity index (χ0n) is 14.3. The molecule has 3 N–H and O–H groups in total. The molecule has 3 atom stereocenters. The summed E-state index contributed by atoms with van der Waals surface area (Å²) < 4.78 is 0. The first kappa shape index (κ1) is 17.0. The Hall–Kier alpha value is -1.84. The van der Waals surface area contributed by atoms with Crippen molar-refractivity contribution in [3.8, 4) is 5.75 Å². The summed E-state index contributed by atoms with van der Waals surface area (Å²) in [6.45, 7) is 2.18. The number of benzene rings is 2. The fourth-order valence-electron chi connectivity index (χ4n) is 3.77. The van der Waals surface area contributed by atoms with Gasteiger partial charge in [-0.25, -0.2) is 0 Å². The summed E-state index contributed by atoms with van der Waals surface area (Å²) in [7, 11) is 0. The van der Waals surface area contributed by atoms with E-state index in [1.807, 2.05) is 30.3 Å². The van der Waals surface area contributed by atoms with Crippen LogP contribution in [-0.2, 0) is 12.8 Å². The minimum Gasteiger partial charge on any atom is -0.508 e. The number of aromatic hydroxyl groups is 1. The van der Waals surface area contributed by atoms with Gasteiger partial charge in [0.1, 0.15) is 5.75 Å². The van der Waals surface area contributed by atoms with Gasteiger partial charge in [0.2, 0.25) is 0 Å². The molecule has 0 heterocycles. The molecule has 0 aromatic heterocycles. The summed E-state index contributed by atoms with van der Waals surface area (Å²) in [5, 5.41) is 24.1. The first-order valence-corrected chi connectivity index (χ1v) is 8.97. The van der Waals surface area contributed by atoms with Crippen LogP contribution in [0.5, 0.6) is 5.75 Å². The Kier molecular flexibility index (Phi) is 5.54. The molecule has 0 radical (unpaired) electrons. The van der Waals surface area contributed by atoms with Gasteiger partial charge in [0.15, 0.2) is 0 Å². The van der Waals surface area contributed by atoms with E-state index < -0.39 is 6.10 Å². The van der Waals surface area contributed by atoms with Gasteiger partial charge < -0.3 is 15.5 Å². The summed E-state index contributed by atoms with van der Waals surface area (Å²) in [6, 6.07) is 16.1. The molecule has 1 aliphatic carbocycles. The average Bonchev–Trinajstić information content (AvgIpc) is 2.58. The molecule has 3 heteroatoms. The molecule has 0 fully saturated rings. The van der Waals surface area contributed by atoms with E-state index in [0.717, 1.165) is 43.2 Å². The third-order valence-corrected chi connectivity index (χ3v) is 4.96. The predicted molar refractivity (Wildman–Crippen MR) is 97.2 cm³/mol. The summed E-state index contributed by atoms with van der Waals surface area (Å²) in [5.41, 5.74) is 3.46. The van der Waals surface area contributed by atoms with Crippen molar-refractivity contribution in [2.45, 2.75) is 57.2 Å². The molecule has 3 nitrogen and oxygen atoms in total. The van der Waals surface area contributed by atoms with Gasteiger partial charge in [-0.3, -0.25) is 0 Å². The smallest absolute Gasteiger partial charge is 0.115 e. The van der Waals surface area contributed by atoms with Gasteiger partial charge in [0.05, 0.1) is 6.10 Å². The van der Waals surface area contributed by atoms with Crippen LogP contribution in [0.25, 0.3) is 0 Å². The summed E-state index contributed by atoms with van der Waals surface area (Å²) in [4.78, 5) is 0. The molecule has 3 unspecified atom stereocenters. The van der Waals surface area contributed by atoms with E-state index >= 15 is 0 Å². The predicted octanol–water partition coefficient (Wildman–Crippen LogP) is 3.74. The maximum atomic E-state index is 10.7. The van der Waals surface area contributed by atoms with Crippen LogP contribution in [0.3, 0.4) is 0 Å². The van der Waals surface area contributed by atoms with Crippen LogP contribution < -0.4 is 5.32 Å². The zero-order valence-corrected chi connectivity index (χ0v) is 14.3. The molecule has 2 aromatic carbocycles. The largest absolute Gasteiger partial charge is 0.508 e. The van der Waals surface area contributed by atoms with Gasteiger partial charge in [-0.2, -0.15) is 0 Å². The summed E-state index contributed by atoms with van der Waals surface area (Å²) >= 11 is 0. The molecule has 24 heavy (non-hydrogen) atoms. The first-order chi connectivity index (χ1) is 11.7. The van der Waals surface area contributed by atoms with E-state index in [0.29, 0.717) is 11.8 Å². The van der Waals surface area contributed by atoms with Crippen molar-refractivity contribution in [1.29, 1.82) is 0 Å². The van der Waals surface area contributed by atoms with Crippen molar-refractivity contribution >= 4 is 0 Å². The van der Waals surface area contributed by atoms with Gasteiger partial charge in [-0.05, 0) is 54.5 Å². The van der Waals surface area contributed by atoms with Gasteiger partial charge >= 0.3 is 0 Å². The second-order valence-corrected chi connectivity index (χ2v) is 6.82. The number of rotatable bonds is 6. The van der Waals surface area contributed by atoms with Crippen LogP contribution in [0.2, 0.25) is 0 Å². The maximum Gasteiger partial charge on any atom is 0.115 e. The molecule has 0 saturated carbocycles. The van der Waals surface area contributed by atoms with Gasteiger partial charge in [0.25, 0.3) is 0 Å². The molecule has 0 bridgehead atoms. The van der Waals surface area contributed by atoms with Crippen molar-refractivity contribution in [2.24, 2.45) is 0 Å². The first-order valence-electron chi connectivity index (χ1n) is 8.97. The van der Waals surface area contributed by atoms with Crippen molar-refractivity contribution in [3.63, 3.8) is 0 Å². The van der Waals surface area contributed by atoms with Crippen LogP contribution in [0.1, 0.15) is 49.0 Å². The second-order valence-electron chi connectivity index (χ2n) is 6.82. The standard InChI is InChI=1S/C21H27NO2/c1-2-6-17(13-15-7-5-9-18(23)14-15)22-20-12-11-16-8-3-4-10-19(16)21(20)24/h3-5,7-10,14,17,20-24H,2,6,11-13H2,1H3. The van der Waals surface area contributed by atoms with Crippen molar-refractivity contribution in [3.05, 3.63) is 65.2 Å². The Bertz CT molecular complexity index is 670. The van der Waals surface area contributed by atoms with E-state index in [9.17, 15) is 10.2 Å². The highest BCUT2D eigenvalue weighted by Crippen LogP contribution is 2.30. The SMILES string of the molecule is CCCC(Cc1cccc(O)c1)NC1CCc2ccccc2C1O. The molecule has 0 amide bonds. The van der Waals surface area contributed by atoms with Gasteiger partial charge in [-0.1, -0.05) is 49.7 Å². The number of phenols is 1. The van der Waals surface area contributed by atoms with E-state index in [1.165, 1.54) is 5.56 Å². The summed E-state index contributed by atoms with van der Waals surface area (Å²) in [5.74, 6) is 0.314. The Balaban J connectivity index is 1.69. The molecule has 0 aliphatic heterocycles. The fourth-order valence-corrected chi connectivity index (χ4v) is 3.77. The van der Waals surface area contributed by atoms with Crippen molar-refractivity contribution < 1.29 is 10.2 Å². The maximum absolute atomic E-state index is 10.7. The second kappa shape index (κ2) is 7.82. The van der Waals surface area contributed by atoms with Crippen LogP contribution in [0.15, 0.2) is 48.5 Å². The molecule has 128 valence electrons. The molecule has 0 spiro atoms. The van der Waals surface area contributed by atoms with Crippen LogP contribution >= 0.6 is 0 Å². The number of fused-ring (bicyclic) bond motifs is 1. The molecular formula is C21H27NO2. The van der Waals surface area contributed by atoms with Gasteiger partial charge in [0, 0.05) is 12.1 Å². The minimum absolute atomic E-state index is 0.0914. The lowest BCUT2D eigenvalue weighted by Gasteiger charge is -2.34. The number of aliphatic hydroxyl groups is 1. The van der Waals surface area contributed by atoms with E-state index in [2.05, 4.69) is 24.4 Å². The Labute approximate surface area is 144 Å². The lowest BCUT2D eigenvalue weighted by Crippen LogP contribution is -2.45. The van der Waals surface area contributed by atoms with Crippen LogP contribution in [-0.4, -0.2) is 22.3 Å². The number of nitrogens with one attached hydrogen (secondary N) is 1. The number of phenolic OH excluding ortho intramolecular Hbond substituents is 1.